The third-order valence-corrected chi connectivity index (χ3v) is 3.32. The summed E-state index contributed by atoms with van der Waals surface area (Å²) in [6, 6.07) is 12.2. The maximum atomic E-state index is 12.9. The van der Waals surface area contributed by atoms with Gasteiger partial charge in [0.25, 0.3) is 0 Å². The van der Waals surface area contributed by atoms with E-state index in [1.165, 1.54) is 12.1 Å². The number of fused-ring (bicyclic) bond motifs is 1. The minimum atomic E-state index is -1.17. The van der Waals surface area contributed by atoms with Gasteiger partial charge in [0.1, 0.15) is 11.9 Å². The lowest BCUT2D eigenvalue weighted by molar-refractivity contribution is 0.0695. The number of rotatable bonds is 1. The van der Waals surface area contributed by atoms with Crippen LogP contribution in [0.15, 0.2) is 48.5 Å². The lowest BCUT2D eigenvalue weighted by Crippen LogP contribution is -2.37. The lowest BCUT2D eigenvalue weighted by Gasteiger charge is -2.30. The molecule has 0 saturated carbocycles. The van der Waals surface area contributed by atoms with Crippen molar-refractivity contribution in [3.63, 3.8) is 0 Å². The Balaban J connectivity index is 2.01. The van der Waals surface area contributed by atoms with Gasteiger partial charge in [-0.2, -0.15) is 0 Å². The summed E-state index contributed by atoms with van der Waals surface area (Å²) in [5.41, 5.74) is 1.84. The SMILES string of the molecule is O=C1c2ccccc2N[C@@H](c2ccc(F)cc2)[C@H]1O. The Morgan fingerprint density at radius 1 is 1.05 bits per heavy atom. The fourth-order valence-corrected chi connectivity index (χ4v) is 2.32. The number of carbonyl (C=O) groups is 1. The average molecular weight is 257 g/mol. The van der Waals surface area contributed by atoms with Crippen molar-refractivity contribution in [2.24, 2.45) is 0 Å². The summed E-state index contributed by atoms with van der Waals surface area (Å²) in [5.74, 6) is -0.663. The summed E-state index contributed by atoms with van der Waals surface area (Å²) in [5, 5.41) is 13.2. The van der Waals surface area contributed by atoms with Gasteiger partial charge in [0, 0.05) is 11.3 Å². The first-order valence-electron chi connectivity index (χ1n) is 6.00. The first-order chi connectivity index (χ1) is 9.16. The van der Waals surface area contributed by atoms with Gasteiger partial charge < -0.3 is 10.4 Å². The standard InChI is InChI=1S/C15H12FNO2/c16-10-7-5-9(6-8-10)13-15(19)14(18)11-3-1-2-4-12(11)17-13/h1-8,13,15,17,19H/t13-,15+/m0/s1. The van der Waals surface area contributed by atoms with Gasteiger partial charge >= 0.3 is 0 Å². The predicted octanol–water partition coefficient (Wildman–Crippen LogP) is 2.54. The van der Waals surface area contributed by atoms with Crippen LogP contribution >= 0.6 is 0 Å². The molecule has 1 heterocycles. The molecule has 2 aromatic carbocycles. The summed E-state index contributed by atoms with van der Waals surface area (Å²) in [6.07, 6.45) is -1.17. The second-order valence-corrected chi connectivity index (χ2v) is 4.53. The molecule has 0 fully saturated rings. The monoisotopic (exact) mass is 257 g/mol. The fourth-order valence-electron chi connectivity index (χ4n) is 2.32. The van der Waals surface area contributed by atoms with Gasteiger partial charge in [-0.1, -0.05) is 24.3 Å². The van der Waals surface area contributed by atoms with Crippen LogP contribution in [0.5, 0.6) is 0 Å². The van der Waals surface area contributed by atoms with E-state index >= 15 is 0 Å². The zero-order valence-electron chi connectivity index (χ0n) is 10.0. The molecular weight excluding hydrogens is 245 g/mol. The zero-order valence-corrected chi connectivity index (χ0v) is 10.0. The van der Waals surface area contributed by atoms with Crippen molar-refractivity contribution < 1.29 is 14.3 Å². The number of aliphatic hydroxyl groups excluding tert-OH is 1. The number of para-hydroxylation sites is 1. The number of anilines is 1. The Bertz CT molecular complexity index is 624. The molecule has 0 aromatic heterocycles. The van der Waals surface area contributed by atoms with Crippen LogP contribution in [0.1, 0.15) is 22.0 Å². The summed E-state index contributed by atoms with van der Waals surface area (Å²) in [4.78, 5) is 12.1. The van der Waals surface area contributed by atoms with Gasteiger partial charge in [0.15, 0.2) is 5.78 Å². The van der Waals surface area contributed by atoms with E-state index in [0.717, 1.165) is 0 Å². The summed E-state index contributed by atoms with van der Waals surface area (Å²) >= 11 is 0. The molecule has 0 bridgehead atoms. The Morgan fingerprint density at radius 3 is 2.47 bits per heavy atom. The van der Waals surface area contributed by atoms with Crippen LogP contribution in [0.3, 0.4) is 0 Å². The molecule has 2 N–H and O–H groups in total. The summed E-state index contributed by atoms with van der Waals surface area (Å²) in [7, 11) is 0. The van der Waals surface area contributed by atoms with Gasteiger partial charge in [-0.05, 0) is 29.8 Å². The molecule has 3 rings (SSSR count). The highest BCUT2D eigenvalue weighted by Gasteiger charge is 2.34. The van der Waals surface area contributed by atoms with Crippen LogP contribution in [-0.2, 0) is 0 Å². The highest BCUT2D eigenvalue weighted by atomic mass is 19.1. The number of ketones is 1. The maximum absolute atomic E-state index is 12.9. The molecule has 0 spiro atoms. The maximum Gasteiger partial charge on any atom is 0.195 e. The number of hydrogen-bond acceptors (Lipinski definition) is 3. The largest absolute Gasteiger partial charge is 0.382 e. The van der Waals surface area contributed by atoms with E-state index in [0.29, 0.717) is 16.8 Å². The molecule has 0 saturated heterocycles. The number of benzene rings is 2. The van der Waals surface area contributed by atoms with Crippen molar-refractivity contribution in [2.45, 2.75) is 12.1 Å². The van der Waals surface area contributed by atoms with Crippen LogP contribution in [0, 0.1) is 5.82 Å². The normalized spacial score (nSPS) is 21.7. The molecule has 1 aliphatic heterocycles. The highest BCUT2D eigenvalue weighted by Crippen LogP contribution is 2.32. The number of hydrogen-bond donors (Lipinski definition) is 2. The van der Waals surface area contributed by atoms with Gasteiger partial charge in [0.2, 0.25) is 0 Å². The first-order valence-corrected chi connectivity index (χ1v) is 6.00. The summed E-state index contributed by atoms with van der Waals surface area (Å²) in [6.45, 7) is 0. The van der Waals surface area contributed by atoms with Gasteiger partial charge in [-0.25, -0.2) is 4.39 Å². The lowest BCUT2D eigenvalue weighted by atomic mass is 9.90. The minimum Gasteiger partial charge on any atom is -0.382 e. The number of Topliss-reactive ketones (excluding diaryl/α,β-unsaturated/α-hetero) is 1. The van der Waals surface area contributed by atoms with Crippen molar-refractivity contribution in [3.8, 4) is 0 Å². The Hall–Kier alpha value is -2.20. The fraction of sp³-hybridized carbons (Fsp3) is 0.133. The first kappa shape index (κ1) is 11.9. The predicted molar refractivity (Wildman–Crippen MR) is 69.5 cm³/mol. The Labute approximate surface area is 109 Å². The van der Waals surface area contributed by atoms with Crippen LogP contribution in [0.2, 0.25) is 0 Å². The van der Waals surface area contributed by atoms with Crippen LogP contribution in [-0.4, -0.2) is 17.0 Å². The van der Waals surface area contributed by atoms with E-state index in [9.17, 15) is 14.3 Å². The topological polar surface area (TPSA) is 49.3 Å². The quantitative estimate of drug-likeness (QED) is 0.825. The van der Waals surface area contributed by atoms with Crippen molar-refractivity contribution in [1.29, 1.82) is 0 Å². The van der Waals surface area contributed by atoms with Gasteiger partial charge in [0.05, 0.1) is 6.04 Å². The van der Waals surface area contributed by atoms with Crippen molar-refractivity contribution in [1.82, 2.24) is 0 Å². The van der Waals surface area contributed by atoms with Crippen molar-refractivity contribution in [2.75, 3.05) is 5.32 Å². The molecule has 0 unspecified atom stereocenters. The smallest absolute Gasteiger partial charge is 0.195 e. The average Bonchev–Trinajstić information content (AvgIpc) is 2.44. The second kappa shape index (κ2) is 4.48. The molecule has 0 radical (unpaired) electrons. The van der Waals surface area contributed by atoms with Crippen molar-refractivity contribution in [3.05, 3.63) is 65.5 Å². The molecule has 0 amide bonds. The van der Waals surface area contributed by atoms with E-state index < -0.39 is 12.1 Å². The van der Waals surface area contributed by atoms with Gasteiger partial charge in [-0.15, -0.1) is 0 Å². The molecule has 1 aliphatic rings. The molecule has 19 heavy (non-hydrogen) atoms. The third kappa shape index (κ3) is 2.00. The van der Waals surface area contributed by atoms with Crippen LogP contribution in [0.4, 0.5) is 10.1 Å². The van der Waals surface area contributed by atoms with E-state index in [-0.39, 0.29) is 11.6 Å². The number of carbonyl (C=O) groups excluding carboxylic acids is 1. The van der Waals surface area contributed by atoms with E-state index in [4.69, 9.17) is 0 Å². The number of halogens is 1. The Kier molecular flexibility index (Phi) is 2.80. The molecular formula is C15H12FNO2. The van der Waals surface area contributed by atoms with E-state index in [1.54, 1.807) is 30.3 Å². The Morgan fingerprint density at radius 2 is 1.74 bits per heavy atom. The summed E-state index contributed by atoms with van der Waals surface area (Å²) < 4.78 is 12.9. The number of aliphatic hydroxyl groups is 1. The van der Waals surface area contributed by atoms with Crippen molar-refractivity contribution >= 4 is 11.5 Å². The van der Waals surface area contributed by atoms with Gasteiger partial charge in [-0.3, -0.25) is 4.79 Å². The molecule has 0 aliphatic carbocycles. The second-order valence-electron chi connectivity index (χ2n) is 4.53. The molecule has 3 nitrogen and oxygen atoms in total. The number of nitrogens with one attached hydrogen (secondary N) is 1. The molecule has 2 aromatic rings. The van der Waals surface area contributed by atoms with E-state index in [1.807, 2.05) is 6.07 Å². The van der Waals surface area contributed by atoms with E-state index in [2.05, 4.69) is 5.32 Å². The minimum absolute atomic E-state index is 0.316. The van der Waals surface area contributed by atoms with Crippen LogP contribution in [0.25, 0.3) is 0 Å². The van der Waals surface area contributed by atoms with Crippen LogP contribution < -0.4 is 5.32 Å². The molecule has 4 heteroatoms. The zero-order chi connectivity index (χ0) is 13.4. The molecule has 2 atom stereocenters. The third-order valence-electron chi connectivity index (χ3n) is 3.32. The highest BCUT2D eigenvalue weighted by molar-refractivity contribution is 6.06. The molecule has 96 valence electrons.